The molecule has 6 rings (SSSR count). The summed E-state index contributed by atoms with van der Waals surface area (Å²) in [6.07, 6.45) is 1.06. The molecule has 1 fully saturated rings. The first-order chi connectivity index (χ1) is 21.2. The lowest BCUT2D eigenvalue weighted by atomic mass is 9.98. The maximum absolute atomic E-state index is 15.3. The van der Waals surface area contributed by atoms with Crippen LogP contribution in [0.2, 0.25) is 0 Å². The fourth-order valence-corrected chi connectivity index (χ4v) is 6.72. The lowest BCUT2D eigenvalue weighted by molar-refractivity contribution is 0.229. The first-order valence-electron chi connectivity index (χ1n) is 14.8. The molecular weight excluding hydrogens is 582 g/mol. The third kappa shape index (κ3) is 6.00. The number of halogens is 2. The van der Waals surface area contributed by atoms with Crippen LogP contribution < -0.4 is 19.9 Å². The zero-order chi connectivity index (χ0) is 31.0. The molecule has 2 aliphatic rings. The monoisotopic (exact) mass is 618 g/mol. The molecule has 0 radical (unpaired) electrons. The standard InChI is InChI=1S/C32H36F2N8OS/c1-20(2)42-13-14-43-30-24(33)15-21(16-27(30)42)29-23(18-35)31(36-19-25(29)34)37-22-5-6-28-26(17-22)38-32(44-28)41-11-9-40(10-12-41)8-7-39(3)4/h5-6,15-17,19-20H,7-14H2,1-4H3,(H,36,37). The minimum absolute atomic E-state index is 0.0108. The predicted molar refractivity (Wildman–Crippen MR) is 172 cm³/mol. The number of fused-ring (bicyclic) bond motifs is 2. The van der Waals surface area contributed by atoms with Gasteiger partial charge in [0.05, 0.1) is 28.6 Å². The zero-order valence-corrected chi connectivity index (χ0v) is 26.2. The van der Waals surface area contributed by atoms with Crippen LogP contribution in [0, 0.1) is 23.0 Å². The quantitative estimate of drug-likeness (QED) is 0.274. The molecule has 1 N–H and O–H groups in total. The first kappa shape index (κ1) is 30.0. The van der Waals surface area contributed by atoms with E-state index in [9.17, 15) is 5.26 Å². The molecule has 12 heteroatoms. The van der Waals surface area contributed by atoms with Crippen molar-refractivity contribution in [3.8, 4) is 22.9 Å². The number of nitrogens with one attached hydrogen (secondary N) is 1. The van der Waals surface area contributed by atoms with E-state index in [2.05, 4.69) is 45.2 Å². The summed E-state index contributed by atoms with van der Waals surface area (Å²) >= 11 is 1.66. The van der Waals surface area contributed by atoms with Crippen LogP contribution in [-0.2, 0) is 0 Å². The average molecular weight is 619 g/mol. The second-order valence-corrected chi connectivity index (χ2v) is 12.7. The van der Waals surface area contributed by atoms with Gasteiger partial charge < -0.3 is 24.8 Å². The first-order valence-corrected chi connectivity index (χ1v) is 15.6. The average Bonchev–Trinajstić information content (AvgIpc) is 3.44. The van der Waals surface area contributed by atoms with Gasteiger partial charge in [-0.25, -0.2) is 18.7 Å². The van der Waals surface area contributed by atoms with Crippen molar-refractivity contribution < 1.29 is 13.5 Å². The Morgan fingerprint density at radius 3 is 2.61 bits per heavy atom. The van der Waals surface area contributed by atoms with Crippen LogP contribution in [0.3, 0.4) is 0 Å². The van der Waals surface area contributed by atoms with E-state index in [1.54, 1.807) is 17.4 Å². The molecule has 0 aliphatic carbocycles. The number of rotatable bonds is 8. The smallest absolute Gasteiger partial charge is 0.186 e. The summed E-state index contributed by atoms with van der Waals surface area (Å²) in [6.45, 7) is 10.9. The number of nitriles is 1. The molecule has 0 amide bonds. The second-order valence-electron chi connectivity index (χ2n) is 11.7. The number of benzene rings is 2. The van der Waals surface area contributed by atoms with Gasteiger partial charge in [-0.05, 0) is 63.8 Å². The van der Waals surface area contributed by atoms with Gasteiger partial charge in [0.2, 0.25) is 0 Å². The predicted octanol–water partition coefficient (Wildman–Crippen LogP) is 5.54. The number of anilines is 4. The minimum atomic E-state index is -0.708. The summed E-state index contributed by atoms with van der Waals surface area (Å²) in [5, 5.41) is 14.3. The number of aromatic nitrogens is 2. The fourth-order valence-electron chi connectivity index (χ4n) is 5.73. The maximum Gasteiger partial charge on any atom is 0.186 e. The normalized spacial score (nSPS) is 15.5. The van der Waals surface area contributed by atoms with Gasteiger partial charge in [0.25, 0.3) is 0 Å². The highest BCUT2D eigenvalue weighted by atomic mass is 32.1. The van der Waals surface area contributed by atoms with Gasteiger partial charge in [0.15, 0.2) is 22.5 Å². The van der Waals surface area contributed by atoms with Crippen LogP contribution in [0.4, 0.5) is 31.1 Å². The molecule has 9 nitrogen and oxygen atoms in total. The molecule has 0 atom stereocenters. The van der Waals surface area contributed by atoms with Crippen LogP contribution in [-0.4, -0.2) is 92.3 Å². The van der Waals surface area contributed by atoms with Gasteiger partial charge in [-0.15, -0.1) is 0 Å². The highest BCUT2D eigenvalue weighted by Gasteiger charge is 2.27. The topological polar surface area (TPSA) is 83.8 Å². The Balaban J connectivity index is 1.26. The molecule has 2 aliphatic heterocycles. The molecule has 4 aromatic rings. The molecule has 2 aromatic carbocycles. The molecule has 0 unspecified atom stereocenters. The summed E-state index contributed by atoms with van der Waals surface area (Å²) in [7, 11) is 4.19. The lowest BCUT2D eigenvalue weighted by Crippen LogP contribution is -2.48. The number of hydrogen-bond acceptors (Lipinski definition) is 10. The van der Waals surface area contributed by atoms with Gasteiger partial charge in [-0.3, -0.25) is 4.90 Å². The van der Waals surface area contributed by atoms with Crippen molar-refractivity contribution in [3.05, 3.63) is 53.7 Å². The van der Waals surface area contributed by atoms with Crippen molar-refractivity contribution in [2.24, 2.45) is 0 Å². The van der Waals surface area contributed by atoms with Gasteiger partial charge in [0, 0.05) is 56.6 Å². The maximum atomic E-state index is 15.3. The van der Waals surface area contributed by atoms with Crippen LogP contribution in [0.5, 0.6) is 5.75 Å². The number of nitrogens with zero attached hydrogens (tertiary/aromatic N) is 7. The molecule has 2 aromatic heterocycles. The third-order valence-electron chi connectivity index (χ3n) is 8.11. The summed E-state index contributed by atoms with van der Waals surface area (Å²) < 4.78 is 37.2. The minimum Gasteiger partial charge on any atom is -0.486 e. The third-order valence-corrected chi connectivity index (χ3v) is 9.21. The fraction of sp³-hybridized carbons (Fsp3) is 0.406. The number of ether oxygens (including phenoxy) is 1. The Hall–Kier alpha value is -4.05. The summed E-state index contributed by atoms with van der Waals surface area (Å²) in [4.78, 5) is 18.1. The van der Waals surface area contributed by atoms with Crippen molar-refractivity contribution >= 4 is 43.9 Å². The lowest BCUT2D eigenvalue weighted by Gasteiger charge is -2.35. The van der Waals surface area contributed by atoms with E-state index >= 15 is 8.78 Å². The van der Waals surface area contributed by atoms with Gasteiger partial charge in [-0.2, -0.15) is 5.26 Å². The van der Waals surface area contributed by atoms with Crippen molar-refractivity contribution in [3.63, 3.8) is 0 Å². The zero-order valence-electron chi connectivity index (χ0n) is 25.4. The summed E-state index contributed by atoms with van der Waals surface area (Å²) in [5.74, 6) is -0.984. The van der Waals surface area contributed by atoms with E-state index < -0.39 is 11.6 Å². The number of thiazole rings is 1. The van der Waals surface area contributed by atoms with E-state index in [4.69, 9.17) is 9.72 Å². The van der Waals surface area contributed by atoms with Crippen molar-refractivity contribution in [2.75, 3.05) is 81.6 Å². The molecule has 0 spiro atoms. The van der Waals surface area contributed by atoms with Crippen LogP contribution in [0.15, 0.2) is 36.5 Å². The molecule has 44 heavy (non-hydrogen) atoms. The molecule has 0 saturated carbocycles. The van der Waals surface area contributed by atoms with Crippen molar-refractivity contribution in [1.29, 1.82) is 5.26 Å². The SMILES string of the molecule is CC(C)N1CCOc2c(F)cc(-c3c(F)cnc(Nc4ccc5sc(N6CCN(CCN(C)C)CC6)nc5c4)c3C#N)cc21. The molecule has 1 saturated heterocycles. The van der Waals surface area contributed by atoms with Crippen molar-refractivity contribution in [2.45, 2.75) is 19.9 Å². The van der Waals surface area contributed by atoms with Gasteiger partial charge >= 0.3 is 0 Å². The van der Waals surface area contributed by atoms with Crippen LogP contribution in [0.25, 0.3) is 21.3 Å². The molecule has 230 valence electrons. The Kier molecular flexibility index (Phi) is 8.53. The van der Waals surface area contributed by atoms with Crippen LogP contribution >= 0.6 is 11.3 Å². The number of hydrogen-bond donors (Lipinski definition) is 1. The molecule has 4 heterocycles. The Morgan fingerprint density at radius 1 is 1.09 bits per heavy atom. The number of pyridine rings is 1. The Morgan fingerprint density at radius 2 is 1.89 bits per heavy atom. The number of likely N-dealkylation sites (N-methyl/N-ethyl adjacent to an activating group) is 1. The van der Waals surface area contributed by atoms with E-state index in [0.717, 1.165) is 60.8 Å². The Labute approximate surface area is 260 Å². The highest BCUT2D eigenvalue weighted by molar-refractivity contribution is 7.22. The van der Waals surface area contributed by atoms with Gasteiger partial charge in [0.1, 0.15) is 24.1 Å². The molecular formula is C32H36F2N8OS. The van der Waals surface area contributed by atoms with Gasteiger partial charge in [-0.1, -0.05) is 11.3 Å². The van der Waals surface area contributed by atoms with E-state index in [1.165, 1.54) is 6.07 Å². The Bertz CT molecular complexity index is 1710. The van der Waals surface area contributed by atoms with E-state index in [0.29, 0.717) is 24.5 Å². The highest BCUT2D eigenvalue weighted by Crippen LogP contribution is 2.41. The van der Waals surface area contributed by atoms with Crippen molar-refractivity contribution in [1.82, 2.24) is 19.8 Å². The summed E-state index contributed by atoms with van der Waals surface area (Å²) in [5.41, 5.74) is 2.26. The second kappa shape index (κ2) is 12.5. The largest absolute Gasteiger partial charge is 0.486 e. The number of piperazine rings is 1. The summed E-state index contributed by atoms with van der Waals surface area (Å²) in [6, 6.07) is 10.9. The van der Waals surface area contributed by atoms with E-state index in [-0.39, 0.29) is 34.3 Å². The molecule has 0 bridgehead atoms. The van der Waals surface area contributed by atoms with Crippen LogP contribution in [0.1, 0.15) is 19.4 Å². The van der Waals surface area contributed by atoms with E-state index in [1.807, 2.05) is 36.9 Å².